The van der Waals surface area contributed by atoms with E-state index >= 15 is 0 Å². The van der Waals surface area contributed by atoms with Gasteiger partial charge in [-0.15, -0.1) is 11.3 Å². The Hall–Kier alpha value is -1.01. The zero-order chi connectivity index (χ0) is 16.5. The van der Waals surface area contributed by atoms with Crippen molar-refractivity contribution in [2.24, 2.45) is 5.92 Å². The maximum absolute atomic E-state index is 12.6. The van der Waals surface area contributed by atoms with Gasteiger partial charge < -0.3 is 10.2 Å². The van der Waals surface area contributed by atoms with E-state index in [0.29, 0.717) is 12.0 Å². The van der Waals surface area contributed by atoms with Crippen molar-refractivity contribution in [3.8, 4) is 0 Å². The summed E-state index contributed by atoms with van der Waals surface area (Å²) in [6.45, 7) is 3.39. The topological polar surface area (TPSA) is 32.3 Å². The maximum atomic E-state index is 12.6. The van der Waals surface area contributed by atoms with Crippen LogP contribution in [0.4, 0.5) is 0 Å². The van der Waals surface area contributed by atoms with Crippen molar-refractivity contribution in [1.82, 2.24) is 10.2 Å². The van der Waals surface area contributed by atoms with Crippen LogP contribution in [0.2, 0.25) is 5.02 Å². The minimum atomic E-state index is 0.0710. The summed E-state index contributed by atoms with van der Waals surface area (Å²) in [5, 5.41) is 3.99. The third-order valence-corrected chi connectivity index (χ3v) is 7.29. The van der Waals surface area contributed by atoms with E-state index in [0.717, 1.165) is 25.5 Å². The molecule has 0 spiro atoms. The number of hydrogen-bond acceptors (Lipinski definition) is 4. The van der Waals surface area contributed by atoms with Gasteiger partial charge in [-0.05, 0) is 68.2 Å². The van der Waals surface area contributed by atoms with Gasteiger partial charge in [0.1, 0.15) is 0 Å². The summed E-state index contributed by atoms with van der Waals surface area (Å²) in [4.78, 5) is 16.9. The smallest absolute Gasteiger partial charge is 0.261 e. The van der Waals surface area contributed by atoms with Crippen LogP contribution in [-0.4, -0.2) is 36.5 Å². The first-order valence-electron chi connectivity index (χ1n) is 8.24. The number of halogens is 1. The molecule has 5 rings (SSSR count). The molecule has 24 heavy (non-hydrogen) atoms. The predicted molar refractivity (Wildman–Crippen MR) is 100 cm³/mol. The average Bonchev–Trinajstić information content (AvgIpc) is 3.07. The van der Waals surface area contributed by atoms with Gasteiger partial charge in [0.2, 0.25) is 0 Å². The van der Waals surface area contributed by atoms with Gasteiger partial charge in [-0.25, -0.2) is 0 Å². The van der Waals surface area contributed by atoms with Crippen LogP contribution in [-0.2, 0) is 0 Å². The molecule has 1 atom stereocenters. The molecule has 1 N–H and O–H groups in total. The van der Waals surface area contributed by atoms with Crippen molar-refractivity contribution < 1.29 is 4.79 Å². The first-order valence-corrected chi connectivity index (χ1v) is 10.2. The molecule has 1 amide bonds. The highest BCUT2D eigenvalue weighted by Crippen LogP contribution is 2.34. The Morgan fingerprint density at radius 3 is 2.58 bits per heavy atom. The second-order valence-corrected chi connectivity index (χ2v) is 9.29. The molecule has 3 saturated heterocycles. The van der Waals surface area contributed by atoms with Gasteiger partial charge in [-0.3, -0.25) is 4.79 Å². The zero-order valence-electron chi connectivity index (χ0n) is 13.2. The molecule has 2 bridgehead atoms. The number of nitrogens with zero attached hydrogens (tertiary/aromatic N) is 1. The molecule has 3 nitrogen and oxygen atoms in total. The third kappa shape index (κ3) is 3.64. The molecule has 1 unspecified atom stereocenters. The molecule has 126 valence electrons. The van der Waals surface area contributed by atoms with Crippen molar-refractivity contribution in [3.05, 3.63) is 46.3 Å². The maximum Gasteiger partial charge on any atom is 0.261 e. The van der Waals surface area contributed by atoms with Gasteiger partial charge in [0.15, 0.2) is 0 Å². The Morgan fingerprint density at radius 1 is 1.17 bits per heavy atom. The highest BCUT2D eigenvalue weighted by Gasteiger charge is 2.35. The lowest BCUT2D eigenvalue weighted by Gasteiger charge is -2.44. The Labute approximate surface area is 155 Å². The molecule has 1 aromatic carbocycles. The number of amides is 1. The number of carbonyl (C=O) groups excluding carboxylic acids is 1. The van der Waals surface area contributed by atoms with Gasteiger partial charge in [0, 0.05) is 22.5 Å². The summed E-state index contributed by atoms with van der Waals surface area (Å²) in [7, 11) is 0. The molecule has 0 saturated carbocycles. The minimum Gasteiger partial charge on any atom is -0.347 e. The quantitative estimate of drug-likeness (QED) is 0.857. The molecule has 4 heterocycles. The first-order chi connectivity index (χ1) is 11.7. The number of nitrogens with one attached hydrogen (secondary N) is 1. The molecule has 6 heteroatoms. The first kappa shape index (κ1) is 16.5. The fourth-order valence-corrected chi connectivity index (χ4v) is 5.62. The van der Waals surface area contributed by atoms with Crippen LogP contribution in [0.15, 0.2) is 45.5 Å². The number of thiophene rings is 1. The van der Waals surface area contributed by atoms with Gasteiger partial charge in [0.05, 0.1) is 9.09 Å². The fourth-order valence-electron chi connectivity index (χ4n) is 3.48. The van der Waals surface area contributed by atoms with Gasteiger partial charge in [-0.1, -0.05) is 23.4 Å². The van der Waals surface area contributed by atoms with Crippen LogP contribution >= 0.6 is 34.7 Å². The Bertz CT molecular complexity index is 723. The largest absolute Gasteiger partial charge is 0.347 e. The lowest BCUT2D eigenvalue weighted by atomic mass is 9.84. The van der Waals surface area contributed by atoms with E-state index in [-0.39, 0.29) is 5.91 Å². The van der Waals surface area contributed by atoms with Crippen molar-refractivity contribution in [2.45, 2.75) is 28.0 Å². The van der Waals surface area contributed by atoms with E-state index < -0.39 is 0 Å². The van der Waals surface area contributed by atoms with Crippen molar-refractivity contribution in [3.63, 3.8) is 0 Å². The van der Waals surface area contributed by atoms with Gasteiger partial charge in [0.25, 0.3) is 5.91 Å². The Kier molecular flexibility index (Phi) is 4.86. The molecule has 0 radical (unpaired) electrons. The average molecular weight is 379 g/mol. The van der Waals surface area contributed by atoms with E-state index in [4.69, 9.17) is 11.6 Å². The van der Waals surface area contributed by atoms with Crippen LogP contribution in [0.25, 0.3) is 0 Å². The van der Waals surface area contributed by atoms with Crippen LogP contribution in [0.3, 0.4) is 0 Å². The Balaban J connectivity index is 1.39. The molecular formula is C18H19ClN2OS2. The summed E-state index contributed by atoms with van der Waals surface area (Å²) < 4.78 is 1.12. The minimum absolute atomic E-state index is 0.0710. The number of rotatable bonds is 4. The molecule has 3 aliphatic heterocycles. The zero-order valence-corrected chi connectivity index (χ0v) is 15.6. The van der Waals surface area contributed by atoms with Crippen LogP contribution in [0.1, 0.15) is 22.5 Å². The monoisotopic (exact) mass is 378 g/mol. The molecule has 0 aliphatic carbocycles. The summed E-state index contributed by atoms with van der Waals surface area (Å²) >= 11 is 9.13. The van der Waals surface area contributed by atoms with Crippen molar-refractivity contribution in [1.29, 1.82) is 0 Å². The summed E-state index contributed by atoms with van der Waals surface area (Å²) in [6, 6.07) is 12.0. The van der Waals surface area contributed by atoms with E-state index in [1.54, 1.807) is 23.1 Å². The molecule has 3 fully saturated rings. The van der Waals surface area contributed by atoms with Crippen LogP contribution in [0, 0.1) is 5.92 Å². The van der Waals surface area contributed by atoms with E-state index in [2.05, 4.69) is 10.2 Å². The molecular weight excluding hydrogens is 360 g/mol. The predicted octanol–water partition coefficient (Wildman–Crippen LogP) is 4.38. The van der Waals surface area contributed by atoms with Crippen molar-refractivity contribution >= 4 is 40.6 Å². The SMILES string of the molecule is O=C(NC1CN2CCC1CC2)c1ccc(Sc2ccc(Cl)cc2)s1. The second-order valence-electron chi connectivity index (χ2n) is 6.39. The number of piperidine rings is 3. The van der Waals surface area contributed by atoms with Crippen LogP contribution < -0.4 is 5.32 Å². The second kappa shape index (κ2) is 7.08. The molecule has 3 aliphatic rings. The standard InChI is InChI=1S/C18H19ClN2OS2/c19-13-1-3-14(4-2-13)23-17-6-5-16(24-17)18(22)20-15-11-21-9-7-12(15)8-10-21/h1-6,12,15H,7-11H2,(H,20,22). The highest BCUT2D eigenvalue weighted by atomic mass is 35.5. The number of hydrogen-bond donors (Lipinski definition) is 1. The third-order valence-electron chi connectivity index (χ3n) is 4.81. The summed E-state index contributed by atoms with van der Waals surface area (Å²) in [5.74, 6) is 0.725. The highest BCUT2D eigenvalue weighted by molar-refractivity contribution is 8.01. The Morgan fingerprint density at radius 2 is 1.92 bits per heavy atom. The van der Waals surface area contributed by atoms with Gasteiger partial charge in [-0.2, -0.15) is 0 Å². The number of carbonyl (C=O) groups is 1. The number of fused-ring (bicyclic) bond motifs is 3. The van der Waals surface area contributed by atoms with E-state index in [1.807, 2.05) is 36.4 Å². The fraction of sp³-hybridized carbons (Fsp3) is 0.389. The van der Waals surface area contributed by atoms with Gasteiger partial charge >= 0.3 is 0 Å². The van der Waals surface area contributed by atoms with E-state index in [9.17, 15) is 4.79 Å². The van der Waals surface area contributed by atoms with Crippen LogP contribution in [0.5, 0.6) is 0 Å². The molecule has 2 aromatic rings. The number of benzene rings is 1. The molecule has 1 aromatic heterocycles. The van der Waals surface area contributed by atoms with Crippen molar-refractivity contribution in [2.75, 3.05) is 19.6 Å². The summed E-state index contributed by atoms with van der Waals surface area (Å²) in [5.41, 5.74) is 0. The van der Waals surface area contributed by atoms with E-state index in [1.165, 1.54) is 25.9 Å². The summed E-state index contributed by atoms with van der Waals surface area (Å²) in [6.07, 6.45) is 2.43. The normalized spacial score (nSPS) is 25.6. The lowest BCUT2D eigenvalue weighted by Crippen LogP contribution is -2.57. The lowest BCUT2D eigenvalue weighted by molar-refractivity contribution is 0.0622.